The van der Waals surface area contributed by atoms with Crippen LogP contribution in [-0.4, -0.2) is 31.6 Å². The van der Waals surface area contributed by atoms with E-state index in [4.69, 9.17) is 13.9 Å². The molecule has 4 rings (SSSR count). The first-order valence-electron chi connectivity index (χ1n) is 9.13. The van der Waals surface area contributed by atoms with Crippen LogP contribution in [0.25, 0.3) is 0 Å². The number of hydrogen-bond donors (Lipinski definition) is 2. The molecule has 0 saturated heterocycles. The van der Waals surface area contributed by atoms with Crippen molar-refractivity contribution < 1.29 is 23.5 Å². The predicted octanol–water partition coefficient (Wildman–Crippen LogP) is 2.36. The minimum absolute atomic E-state index is 0.0861. The normalized spacial score (nSPS) is 16.5. The predicted molar refractivity (Wildman–Crippen MR) is 96.8 cm³/mol. The highest BCUT2D eigenvalue weighted by molar-refractivity contribution is 5.97. The van der Waals surface area contributed by atoms with Crippen molar-refractivity contribution in [3.8, 4) is 11.5 Å². The minimum Gasteiger partial charge on any atom is -0.486 e. The van der Waals surface area contributed by atoms with E-state index in [2.05, 4.69) is 10.6 Å². The van der Waals surface area contributed by atoms with Crippen LogP contribution in [0.4, 0.5) is 0 Å². The van der Waals surface area contributed by atoms with Crippen LogP contribution in [0.1, 0.15) is 40.6 Å². The highest BCUT2D eigenvalue weighted by Crippen LogP contribution is 2.43. The van der Waals surface area contributed by atoms with Gasteiger partial charge in [-0.25, -0.2) is 0 Å². The fourth-order valence-corrected chi connectivity index (χ4v) is 3.26. The quantitative estimate of drug-likeness (QED) is 0.815. The van der Waals surface area contributed by atoms with Crippen molar-refractivity contribution in [1.82, 2.24) is 10.6 Å². The van der Waals surface area contributed by atoms with E-state index in [1.165, 1.54) is 6.26 Å². The van der Waals surface area contributed by atoms with Gasteiger partial charge in [0.2, 0.25) is 5.91 Å². The Morgan fingerprint density at radius 1 is 1.15 bits per heavy atom. The van der Waals surface area contributed by atoms with Gasteiger partial charge in [-0.15, -0.1) is 0 Å². The van der Waals surface area contributed by atoms with Crippen molar-refractivity contribution in [2.45, 2.75) is 25.8 Å². The summed E-state index contributed by atoms with van der Waals surface area (Å²) in [6.45, 7) is 2.69. The molecular formula is C20H22N2O5. The second-order valence-corrected chi connectivity index (χ2v) is 6.86. The van der Waals surface area contributed by atoms with Gasteiger partial charge in [-0.2, -0.15) is 0 Å². The van der Waals surface area contributed by atoms with Crippen molar-refractivity contribution in [2.24, 2.45) is 5.92 Å². The van der Waals surface area contributed by atoms with Crippen LogP contribution in [0.3, 0.4) is 0 Å². The molecule has 2 heterocycles. The molecule has 0 radical (unpaired) electrons. The number of aryl methyl sites for hydroxylation is 1. The first-order chi connectivity index (χ1) is 13.1. The van der Waals surface area contributed by atoms with E-state index < -0.39 is 0 Å². The molecule has 7 nitrogen and oxygen atoms in total. The second kappa shape index (κ2) is 7.34. The Morgan fingerprint density at radius 2 is 1.93 bits per heavy atom. The fourth-order valence-electron chi connectivity index (χ4n) is 3.26. The summed E-state index contributed by atoms with van der Waals surface area (Å²) in [5.41, 5.74) is 1.43. The Bertz CT molecular complexity index is 856. The SMILES string of the molecule is Cc1occc1C(=O)NCC(=O)NC(c1ccc2c(c1)OCCO2)C1CC1. The maximum atomic E-state index is 12.4. The number of benzene rings is 1. The minimum atomic E-state index is -0.321. The molecule has 142 valence electrons. The number of hydrogen-bond acceptors (Lipinski definition) is 5. The maximum absolute atomic E-state index is 12.4. The van der Waals surface area contributed by atoms with Gasteiger partial charge in [0.15, 0.2) is 11.5 Å². The van der Waals surface area contributed by atoms with Crippen molar-refractivity contribution in [3.63, 3.8) is 0 Å². The summed E-state index contributed by atoms with van der Waals surface area (Å²) in [6, 6.07) is 7.27. The van der Waals surface area contributed by atoms with Gasteiger partial charge in [0, 0.05) is 0 Å². The second-order valence-electron chi connectivity index (χ2n) is 6.86. The van der Waals surface area contributed by atoms with Crippen LogP contribution in [0.2, 0.25) is 0 Å². The molecule has 7 heteroatoms. The lowest BCUT2D eigenvalue weighted by molar-refractivity contribution is -0.121. The molecular weight excluding hydrogens is 348 g/mol. The third kappa shape index (κ3) is 3.92. The topological polar surface area (TPSA) is 89.8 Å². The molecule has 1 aromatic carbocycles. The van der Waals surface area contributed by atoms with Gasteiger partial charge in [0.05, 0.1) is 24.4 Å². The number of carbonyl (C=O) groups excluding carboxylic acids is 2. The Morgan fingerprint density at radius 3 is 2.63 bits per heavy atom. The van der Waals surface area contributed by atoms with E-state index in [1.807, 2.05) is 18.2 Å². The Hall–Kier alpha value is -2.96. The van der Waals surface area contributed by atoms with Gasteiger partial charge in [0.25, 0.3) is 5.91 Å². The number of nitrogens with one attached hydrogen (secondary N) is 2. The van der Waals surface area contributed by atoms with E-state index in [0.717, 1.165) is 24.2 Å². The molecule has 1 atom stereocenters. The largest absolute Gasteiger partial charge is 0.486 e. The smallest absolute Gasteiger partial charge is 0.255 e. The molecule has 1 unspecified atom stereocenters. The van der Waals surface area contributed by atoms with Gasteiger partial charge in [-0.1, -0.05) is 6.07 Å². The van der Waals surface area contributed by atoms with Crippen LogP contribution in [0.15, 0.2) is 34.9 Å². The highest BCUT2D eigenvalue weighted by atomic mass is 16.6. The number of rotatable bonds is 6. The lowest BCUT2D eigenvalue weighted by Gasteiger charge is -2.23. The summed E-state index contributed by atoms with van der Waals surface area (Å²) in [7, 11) is 0. The molecule has 2 aliphatic rings. The molecule has 0 spiro atoms. The van der Waals surface area contributed by atoms with E-state index in [1.54, 1.807) is 13.0 Å². The molecule has 1 saturated carbocycles. The van der Waals surface area contributed by atoms with Crippen LogP contribution in [0.5, 0.6) is 11.5 Å². The van der Waals surface area contributed by atoms with E-state index in [9.17, 15) is 9.59 Å². The molecule has 0 bridgehead atoms. The third-order valence-electron chi connectivity index (χ3n) is 4.85. The van der Waals surface area contributed by atoms with Crippen LogP contribution in [-0.2, 0) is 4.79 Å². The van der Waals surface area contributed by atoms with Crippen LogP contribution < -0.4 is 20.1 Å². The monoisotopic (exact) mass is 370 g/mol. The standard InChI is InChI=1S/C20H22N2O5/c1-12-15(6-7-25-12)20(24)21-11-18(23)22-19(13-2-3-13)14-4-5-16-17(10-14)27-9-8-26-16/h4-7,10,13,19H,2-3,8-9,11H2,1H3,(H,21,24)(H,22,23). The van der Waals surface area contributed by atoms with Gasteiger partial charge < -0.3 is 24.5 Å². The average Bonchev–Trinajstić information content (AvgIpc) is 3.44. The molecule has 1 aliphatic heterocycles. The molecule has 2 amide bonds. The molecule has 27 heavy (non-hydrogen) atoms. The lowest BCUT2D eigenvalue weighted by atomic mass is 10.0. The van der Waals surface area contributed by atoms with Crippen LogP contribution >= 0.6 is 0 Å². The summed E-state index contributed by atoms with van der Waals surface area (Å²) in [5, 5.41) is 5.68. The molecule has 1 aromatic heterocycles. The Balaban J connectivity index is 1.39. The maximum Gasteiger partial charge on any atom is 0.255 e. The van der Waals surface area contributed by atoms with Crippen molar-refractivity contribution in [1.29, 1.82) is 0 Å². The number of amides is 2. The van der Waals surface area contributed by atoms with Gasteiger partial charge in [-0.3, -0.25) is 9.59 Å². The number of furan rings is 1. The zero-order valence-electron chi connectivity index (χ0n) is 15.1. The fraction of sp³-hybridized carbons (Fsp3) is 0.400. The number of carbonyl (C=O) groups is 2. The van der Waals surface area contributed by atoms with Gasteiger partial charge in [0.1, 0.15) is 19.0 Å². The van der Waals surface area contributed by atoms with E-state index >= 15 is 0 Å². The first-order valence-corrected chi connectivity index (χ1v) is 9.13. The zero-order chi connectivity index (χ0) is 18.8. The molecule has 1 fully saturated rings. The lowest BCUT2D eigenvalue weighted by Crippen LogP contribution is -2.39. The van der Waals surface area contributed by atoms with E-state index in [0.29, 0.717) is 36.2 Å². The van der Waals surface area contributed by atoms with E-state index in [-0.39, 0.29) is 24.4 Å². The molecule has 2 aromatic rings. The summed E-state index contributed by atoms with van der Waals surface area (Å²) < 4.78 is 16.3. The van der Waals surface area contributed by atoms with Crippen LogP contribution in [0, 0.1) is 12.8 Å². The molecule has 1 aliphatic carbocycles. The zero-order valence-corrected chi connectivity index (χ0v) is 15.1. The Labute approximate surface area is 157 Å². The highest BCUT2D eigenvalue weighted by Gasteiger charge is 2.34. The summed E-state index contributed by atoms with van der Waals surface area (Å²) >= 11 is 0. The third-order valence-corrected chi connectivity index (χ3v) is 4.85. The average molecular weight is 370 g/mol. The Kier molecular flexibility index (Phi) is 4.75. The summed E-state index contributed by atoms with van der Waals surface area (Å²) in [5.74, 6) is 1.83. The van der Waals surface area contributed by atoms with Gasteiger partial charge >= 0.3 is 0 Å². The van der Waals surface area contributed by atoms with Crippen molar-refractivity contribution >= 4 is 11.8 Å². The first kappa shape index (κ1) is 17.5. The van der Waals surface area contributed by atoms with Crippen molar-refractivity contribution in [3.05, 3.63) is 47.4 Å². The summed E-state index contributed by atoms with van der Waals surface area (Å²) in [6.07, 6.45) is 3.59. The number of fused-ring (bicyclic) bond motifs is 1. The van der Waals surface area contributed by atoms with Crippen molar-refractivity contribution in [2.75, 3.05) is 19.8 Å². The summed E-state index contributed by atoms with van der Waals surface area (Å²) in [4.78, 5) is 24.5. The van der Waals surface area contributed by atoms with Gasteiger partial charge in [-0.05, 0) is 49.4 Å². The number of ether oxygens (including phenoxy) is 2. The molecule has 2 N–H and O–H groups in total.